The van der Waals surface area contributed by atoms with E-state index in [0.717, 1.165) is 17.0 Å². The molecular weight excluding hydrogens is 330 g/mol. The number of amides is 2. The number of nitrogens with one attached hydrogen (secondary N) is 1. The molecule has 1 aliphatic heterocycles. The van der Waals surface area contributed by atoms with Crippen LogP contribution in [0.3, 0.4) is 0 Å². The van der Waals surface area contributed by atoms with Gasteiger partial charge in [-0.25, -0.2) is 8.78 Å². The van der Waals surface area contributed by atoms with Crippen LogP contribution in [0.4, 0.5) is 23.2 Å². The normalized spacial score (nSPS) is 16.1. The number of benzene rings is 1. The van der Waals surface area contributed by atoms with Crippen molar-refractivity contribution >= 4 is 17.5 Å². The molecule has 1 N–H and O–H groups in total. The van der Waals surface area contributed by atoms with E-state index in [-0.39, 0.29) is 31.9 Å². The van der Waals surface area contributed by atoms with Crippen LogP contribution in [0, 0.1) is 11.6 Å². The predicted octanol–water partition coefficient (Wildman–Crippen LogP) is 1.70. The van der Waals surface area contributed by atoms with Gasteiger partial charge in [0.05, 0.1) is 12.2 Å². The van der Waals surface area contributed by atoms with Crippen LogP contribution in [0.5, 0.6) is 0 Å². The average Bonchev–Trinajstić information content (AvgIpc) is 2.75. The van der Waals surface area contributed by atoms with Crippen LogP contribution in [0.25, 0.3) is 0 Å². The van der Waals surface area contributed by atoms with Crippen molar-refractivity contribution in [1.29, 1.82) is 0 Å². The lowest BCUT2D eigenvalue weighted by atomic mass is 10.3. The first-order valence-corrected chi connectivity index (χ1v) is 7.41. The van der Waals surface area contributed by atoms with Gasteiger partial charge in [0.25, 0.3) is 5.91 Å². The first-order valence-electron chi connectivity index (χ1n) is 7.41. The Bertz CT molecular complexity index is 612. The molecule has 0 bridgehead atoms. The highest BCUT2D eigenvalue weighted by Gasteiger charge is 2.26. The first kappa shape index (κ1) is 18.2. The second-order valence-corrected chi connectivity index (χ2v) is 5.43. The predicted molar refractivity (Wildman–Crippen MR) is 78.6 cm³/mol. The van der Waals surface area contributed by atoms with Gasteiger partial charge in [0.15, 0.2) is 0 Å². The van der Waals surface area contributed by atoms with Crippen LogP contribution in [0.2, 0.25) is 0 Å². The summed E-state index contributed by atoms with van der Waals surface area (Å²) in [4.78, 5) is 26.0. The number of hydrogen-bond donors (Lipinski definition) is 1. The zero-order valence-corrected chi connectivity index (χ0v) is 12.8. The molecule has 132 valence electrons. The fraction of sp³-hybridized carbons (Fsp3) is 0.467. The summed E-state index contributed by atoms with van der Waals surface area (Å²) < 4.78 is 51.2. The molecule has 1 fully saturated rings. The molecule has 5 nitrogen and oxygen atoms in total. The summed E-state index contributed by atoms with van der Waals surface area (Å²) in [5.41, 5.74) is -0.134. The van der Waals surface area contributed by atoms with Gasteiger partial charge >= 0.3 is 6.43 Å². The second-order valence-electron chi connectivity index (χ2n) is 5.43. The maximum atomic E-state index is 13.5. The molecule has 0 radical (unpaired) electrons. The van der Waals surface area contributed by atoms with E-state index in [1.54, 1.807) is 4.90 Å². The highest BCUT2D eigenvalue weighted by atomic mass is 19.3. The Balaban J connectivity index is 1.87. The van der Waals surface area contributed by atoms with Crippen LogP contribution >= 0.6 is 0 Å². The van der Waals surface area contributed by atoms with Crippen molar-refractivity contribution in [2.24, 2.45) is 0 Å². The van der Waals surface area contributed by atoms with Crippen molar-refractivity contribution in [2.45, 2.75) is 12.8 Å². The highest BCUT2D eigenvalue weighted by molar-refractivity contribution is 5.92. The first-order chi connectivity index (χ1) is 11.4. The number of alkyl halides is 2. The molecule has 0 spiro atoms. The van der Waals surface area contributed by atoms with E-state index in [9.17, 15) is 27.2 Å². The Labute approximate surface area is 136 Å². The molecule has 1 saturated heterocycles. The Morgan fingerprint density at radius 1 is 1.12 bits per heavy atom. The third-order valence-electron chi connectivity index (χ3n) is 3.66. The molecule has 0 aliphatic carbocycles. The minimum atomic E-state index is -3.04. The van der Waals surface area contributed by atoms with Gasteiger partial charge < -0.3 is 10.2 Å². The van der Waals surface area contributed by atoms with Crippen LogP contribution in [0.1, 0.15) is 6.42 Å². The molecule has 1 heterocycles. The van der Waals surface area contributed by atoms with Gasteiger partial charge in [-0.2, -0.15) is 8.78 Å². The van der Waals surface area contributed by atoms with Crippen molar-refractivity contribution in [3.8, 4) is 0 Å². The Morgan fingerprint density at radius 3 is 2.54 bits per heavy atom. The molecule has 0 atom stereocenters. The Kier molecular flexibility index (Phi) is 6.13. The molecule has 2 amide bonds. The van der Waals surface area contributed by atoms with E-state index in [2.05, 4.69) is 5.32 Å². The van der Waals surface area contributed by atoms with Gasteiger partial charge in [-0.05, 0) is 18.6 Å². The Hall–Kier alpha value is -2.16. The molecule has 1 aromatic carbocycles. The standard InChI is InChI=1S/C15H17F4N3O2/c16-10-2-3-12(11(17)8-10)20-13(23)9-21-4-1-5-22(7-6-21)15(24)14(18)19/h2-3,8,14H,1,4-7,9H2,(H,20,23). The minimum absolute atomic E-state index is 0.0759. The lowest BCUT2D eigenvalue weighted by molar-refractivity contribution is -0.142. The van der Waals surface area contributed by atoms with Crippen molar-refractivity contribution in [3.63, 3.8) is 0 Å². The third kappa shape index (κ3) is 4.92. The largest absolute Gasteiger partial charge is 0.336 e. The molecule has 1 aromatic rings. The summed E-state index contributed by atoms with van der Waals surface area (Å²) in [5, 5.41) is 2.33. The molecule has 0 aromatic heterocycles. The summed E-state index contributed by atoms with van der Waals surface area (Å²) in [6.07, 6.45) is -2.59. The van der Waals surface area contributed by atoms with Gasteiger partial charge in [0.1, 0.15) is 11.6 Å². The number of anilines is 1. The fourth-order valence-corrected chi connectivity index (χ4v) is 2.47. The maximum absolute atomic E-state index is 13.5. The lowest BCUT2D eigenvalue weighted by Gasteiger charge is -2.21. The summed E-state index contributed by atoms with van der Waals surface area (Å²) in [6, 6.07) is 2.81. The van der Waals surface area contributed by atoms with E-state index in [1.807, 2.05) is 0 Å². The minimum Gasteiger partial charge on any atom is -0.336 e. The van der Waals surface area contributed by atoms with E-state index in [0.29, 0.717) is 19.0 Å². The van der Waals surface area contributed by atoms with Crippen LogP contribution < -0.4 is 5.32 Å². The summed E-state index contributed by atoms with van der Waals surface area (Å²) >= 11 is 0. The SMILES string of the molecule is O=C(CN1CCCN(C(=O)C(F)F)CC1)Nc1ccc(F)cc1F. The monoisotopic (exact) mass is 347 g/mol. The van der Waals surface area contributed by atoms with Crippen molar-refractivity contribution in [3.05, 3.63) is 29.8 Å². The van der Waals surface area contributed by atoms with E-state index in [1.165, 1.54) is 0 Å². The fourth-order valence-electron chi connectivity index (χ4n) is 2.47. The number of nitrogens with zero attached hydrogens (tertiary/aromatic N) is 2. The van der Waals surface area contributed by atoms with Crippen molar-refractivity contribution < 1.29 is 27.2 Å². The molecule has 2 rings (SSSR count). The van der Waals surface area contributed by atoms with Crippen LogP contribution in [0.15, 0.2) is 18.2 Å². The Morgan fingerprint density at radius 2 is 1.88 bits per heavy atom. The quantitative estimate of drug-likeness (QED) is 0.844. The molecular formula is C15H17F4N3O2. The lowest BCUT2D eigenvalue weighted by Crippen LogP contribution is -2.40. The van der Waals surface area contributed by atoms with Gasteiger partial charge in [-0.3, -0.25) is 14.5 Å². The zero-order chi connectivity index (χ0) is 17.7. The number of hydrogen-bond acceptors (Lipinski definition) is 3. The smallest absolute Gasteiger partial charge is 0.315 e. The summed E-state index contributed by atoms with van der Waals surface area (Å²) in [5.74, 6) is -3.35. The third-order valence-corrected chi connectivity index (χ3v) is 3.66. The molecule has 0 saturated carbocycles. The van der Waals surface area contributed by atoms with Crippen LogP contribution in [-0.4, -0.2) is 60.8 Å². The molecule has 1 aliphatic rings. The number of rotatable bonds is 4. The molecule has 9 heteroatoms. The van der Waals surface area contributed by atoms with E-state index < -0.39 is 29.9 Å². The average molecular weight is 347 g/mol. The number of carbonyl (C=O) groups is 2. The van der Waals surface area contributed by atoms with Crippen LogP contribution in [-0.2, 0) is 9.59 Å². The molecule has 0 unspecified atom stereocenters. The van der Waals surface area contributed by atoms with Gasteiger partial charge in [-0.1, -0.05) is 0 Å². The van der Waals surface area contributed by atoms with Gasteiger partial charge in [-0.15, -0.1) is 0 Å². The van der Waals surface area contributed by atoms with E-state index >= 15 is 0 Å². The van der Waals surface area contributed by atoms with Gasteiger partial charge in [0.2, 0.25) is 5.91 Å². The summed E-state index contributed by atoms with van der Waals surface area (Å²) in [6.45, 7) is 0.937. The zero-order valence-electron chi connectivity index (χ0n) is 12.8. The van der Waals surface area contributed by atoms with E-state index in [4.69, 9.17) is 0 Å². The second kappa shape index (κ2) is 8.09. The topological polar surface area (TPSA) is 52.7 Å². The van der Waals surface area contributed by atoms with Crippen molar-refractivity contribution in [1.82, 2.24) is 9.80 Å². The van der Waals surface area contributed by atoms with Gasteiger partial charge in [0, 0.05) is 32.2 Å². The number of halogens is 4. The summed E-state index contributed by atoms with van der Waals surface area (Å²) in [7, 11) is 0. The number of carbonyl (C=O) groups excluding carboxylic acids is 2. The van der Waals surface area contributed by atoms with Crippen molar-refractivity contribution in [2.75, 3.05) is 38.0 Å². The molecule has 24 heavy (non-hydrogen) atoms. The maximum Gasteiger partial charge on any atom is 0.315 e. The highest BCUT2D eigenvalue weighted by Crippen LogP contribution is 2.15.